The van der Waals surface area contributed by atoms with Crippen molar-refractivity contribution >= 4 is 29.1 Å². The number of rotatable bonds is 5. The number of aromatic nitrogens is 2. The van der Waals surface area contributed by atoms with Gasteiger partial charge in [0.25, 0.3) is 5.91 Å². The first-order valence-electron chi connectivity index (χ1n) is 12.6. The molecule has 2 fully saturated rings. The summed E-state index contributed by atoms with van der Waals surface area (Å²) in [6.07, 6.45) is 3.61. The Morgan fingerprint density at radius 1 is 0.944 bits per heavy atom. The van der Waals surface area contributed by atoms with Gasteiger partial charge in [0.1, 0.15) is 11.6 Å². The third-order valence-electron chi connectivity index (χ3n) is 7.21. The number of halogens is 1. The van der Waals surface area contributed by atoms with Crippen LogP contribution in [0.5, 0.6) is 0 Å². The maximum Gasteiger partial charge on any atom is 0.254 e. The van der Waals surface area contributed by atoms with Crippen LogP contribution in [0.1, 0.15) is 28.4 Å². The first kappa shape index (κ1) is 24.5. The maximum absolute atomic E-state index is 13.6. The highest BCUT2D eigenvalue weighted by molar-refractivity contribution is 6.32. The fourth-order valence-corrected chi connectivity index (χ4v) is 5.39. The lowest BCUT2D eigenvalue weighted by molar-refractivity contribution is 0.0672. The van der Waals surface area contributed by atoms with Gasteiger partial charge in [-0.05, 0) is 55.3 Å². The third-order valence-corrected chi connectivity index (χ3v) is 7.51. The molecule has 7 nitrogen and oxygen atoms in total. The first-order valence-corrected chi connectivity index (χ1v) is 13.0. The zero-order valence-electron chi connectivity index (χ0n) is 21.0. The lowest BCUT2D eigenvalue weighted by atomic mass is 10.0. The lowest BCUT2D eigenvalue weighted by Crippen LogP contribution is -2.54. The molecule has 2 aromatic heterocycles. The summed E-state index contributed by atoms with van der Waals surface area (Å²) in [4.78, 5) is 31.5. The second kappa shape index (κ2) is 10.8. The fraction of sp³-hybridized carbons (Fsp3) is 0.393. The highest BCUT2D eigenvalue weighted by Gasteiger charge is 2.29. The Bertz CT molecular complexity index is 1200. The molecule has 0 saturated carbocycles. The van der Waals surface area contributed by atoms with E-state index in [1.165, 1.54) is 5.56 Å². The first-order chi connectivity index (χ1) is 17.5. The minimum Gasteiger partial charge on any atom is -0.353 e. The van der Waals surface area contributed by atoms with E-state index in [-0.39, 0.29) is 11.9 Å². The molecule has 1 amide bonds. The standard InChI is InChI=1S/C28H33ClN6O/c1-21-8-9-23(20-32-12-14-33(15-13-32)27-25(29)6-5-11-31-27)18-24(21)28(36)35-17-16-34(19-22(35)2)26-7-3-4-10-30-26/h3-11,18,22H,12-17,19-20H2,1-2H3/t22-/m0/s1. The van der Waals surface area contributed by atoms with Gasteiger partial charge in [-0.25, -0.2) is 9.97 Å². The van der Waals surface area contributed by atoms with Gasteiger partial charge in [-0.3, -0.25) is 9.69 Å². The average Bonchev–Trinajstić information content (AvgIpc) is 2.91. The summed E-state index contributed by atoms with van der Waals surface area (Å²) in [5.74, 6) is 1.96. The molecule has 5 rings (SSSR count). The van der Waals surface area contributed by atoms with Crippen LogP contribution in [0.3, 0.4) is 0 Å². The van der Waals surface area contributed by atoms with Crippen molar-refractivity contribution in [3.05, 3.63) is 82.6 Å². The molecule has 0 N–H and O–H groups in total. The Morgan fingerprint density at radius 2 is 1.72 bits per heavy atom. The zero-order chi connectivity index (χ0) is 25.1. The van der Waals surface area contributed by atoms with E-state index in [1.807, 2.05) is 48.4 Å². The number of piperazine rings is 2. The second-order valence-electron chi connectivity index (χ2n) is 9.70. The number of nitrogens with zero attached hydrogens (tertiary/aromatic N) is 6. The van der Waals surface area contributed by atoms with Crippen molar-refractivity contribution in [3.63, 3.8) is 0 Å². The number of hydrogen-bond donors (Lipinski definition) is 0. The highest BCUT2D eigenvalue weighted by atomic mass is 35.5. The Kier molecular flexibility index (Phi) is 7.39. The maximum atomic E-state index is 13.6. The van der Waals surface area contributed by atoms with E-state index >= 15 is 0 Å². The Hall–Kier alpha value is -3.16. The molecule has 1 atom stereocenters. The largest absolute Gasteiger partial charge is 0.353 e. The molecule has 0 bridgehead atoms. The minimum atomic E-state index is 0.114. The van der Waals surface area contributed by atoms with Crippen LogP contribution in [0, 0.1) is 6.92 Å². The quantitative estimate of drug-likeness (QED) is 0.521. The molecule has 0 spiro atoms. The van der Waals surface area contributed by atoms with Crippen molar-refractivity contribution in [2.75, 3.05) is 55.6 Å². The van der Waals surface area contributed by atoms with Gasteiger partial charge in [0.2, 0.25) is 0 Å². The van der Waals surface area contributed by atoms with Crippen LogP contribution in [-0.4, -0.2) is 77.5 Å². The van der Waals surface area contributed by atoms with Crippen molar-refractivity contribution in [3.8, 4) is 0 Å². The van der Waals surface area contributed by atoms with Crippen molar-refractivity contribution in [1.82, 2.24) is 19.8 Å². The third kappa shape index (κ3) is 5.32. The van der Waals surface area contributed by atoms with Gasteiger partial charge in [0.05, 0.1) is 5.02 Å². The number of hydrogen-bond acceptors (Lipinski definition) is 6. The topological polar surface area (TPSA) is 55.8 Å². The second-order valence-corrected chi connectivity index (χ2v) is 10.1. The molecule has 36 heavy (non-hydrogen) atoms. The number of benzene rings is 1. The number of amides is 1. The number of aryl methyl sites for hydroxylation is 1. The van der Waals surface area contributed by atoms with Gasteiger partial charge in [-0.15, -0.1) is 0 Å². The summed E-state index contributed by atoms with van der Waals surface area (Å²) >= 11 is 6.34. The monoisotopic (exact) mass is 504 g/mol. The Labute approximate surface area is 218 Å². The molecule has 3 aromatic rings. The van der Waals surface area contributed by atoms with Gasteiger partial charge in [-0.2, -0.15) is 0 Å². The van der Waals surface area contributed by atoms with Crippen molar-refractivity contribution < 1.29 is 4.79 Å². The van der Waals surface area contributed by atoms with Gasteiger partial charge < -0.3 is 14.7 Å². The molecular formula is C28H33ClN6O. The van der Waals surface area contributed by atoms with Crippen LogP contribution < -0.4 is 9.80 Å². The normalized spacial score (nSPS) is 19.0. The summed E-state index contributed by atoms with van der Waals surface area (Å²) < 4.78 is 0. The van der Waals surface area contributed by atoms with E-state index in [1.54, 1.807) is 6.20 Å². The Morgan fingerprint density at radius 3 is 2.44 bits per heavy atom. The van der Waals surface area contributed by atoms with Crippen LogP contribution in [0.15, 0.2) is 60.9 Å². The van der Waals surface area contributed by atoms with Crippen molar-refractivity contribution in [1.29, 1.82) is 0 Å². The fourth-order valence-electron chi connectivity index (χ4n) is 5.15. The molecule has 2 aliphatic rings. The molecule has 2 aliphatic heterocycles. The predicted molar refractivity (Wildman–Crippen MR) is 145 cm³/mol. The molecule has 0 aliphatic carbocycles. The smallest absolute Gasteiger partial charge is 0.254 e. The molecule has 1 aromatic carbocycles. The summed E-state index contributed by atoms with van der Waals surface area (Å²) in [6, 6.07) is 16.2. The lowest BCUT2D eigenvalue weighted by Gasteiger charge is -2.40. The van der Waals surface area contributed by atoms with E-state index in [9.17, 15) is 4.79 Å². The van der Waals surface area contributed by atoms with Gasteiger partial charge in [0.15, 0.2) is 0 Å². The van der Waals surface area contributed by atoms with E-state index in [4.69, 9.17) is 11.6 Å². The predicted octanol–water partition coefficient (Wildman–Crippen LogP) is 4.11. The molecule has 2 saturated heterocycles. The van der Waals surface area contributed by atoms with E-state index < -0.39 is 0 Å². The summed E-state index contributed by atoms with van der Waals surface area (Å²) in [6.45, 7) is 10.9. The minimum absolute atomic E-state index is 0.114. The van der Waals surface area contributed by atoms with Crippen LogP contribution in [0.4, 0.5) is 11.6 Å². The summed E-state index contributed by atoms with van der Waals surface area (Å²) in [7, 11) is 0. The van der Waals surface area contributed by atoms with Crippen molar-refractivity contribution in [2.45, 2.75) is 26.4 Å². The molecule has 4 heterocycles. The van der Waals surface area contributed by atoms with Crippen molar-refractivity contribution in [2.24, 2.45) is 0 Å². The summed E-state index contributed by atoms with van der Waals surface area (Å²) in [5, 5.41) is 0.697. The van der Waals surface area contributed by atoms with E-state index in [0.717, 1.165) is 68.6 Å². The molecular weight excluding hydrogens is 472 g/mol. The summed E-state index contributed by atoms with van der Waals surface area (Å²) in [5.41, 5.74) is 3.01. The van der Waals surface area contributed by atoms with E-state index in [0.29, 0.717) is 11.6 Å². The average molecular weight is 505 g/mol. The number of pyridine rings is 2. The van der Waals surface area contributed by atoms with E-state index in [2.05, 4.69) is 49.8 Å². The molecule has 8 heteroatoms. The van der Waals surface area contributed by atoms with Crippen LogP contribution in [0.25, 0.3) is 0 Å². The number of anilines is 2. The van der Waals surface area contributed by atoms with Crippen LogP contribution in [-0.2, 0) is 6.54 Å². The van der Waals surface area contributed by atoms with Gasteiger partial charge in [0, 0.05) is 76.4 Å². The highest BCUT2D eigenvalue weighted by Crippen LogP contribution is 2.25. The number of carbonyl (C=O) groups excluding carboxylic acids is 1. The SMILES string of the molecule is Cc1ccc(CN2CCN(c3ncccc3Cl)CC2)cc1C(=O)N1CCN(c2ccccn2)C[C@@H]1C. The number of carbonyl (C=O) groups is 1. The molecule has 188 valence electrons. The van der Waals surface area contributed by atoms with Crippen LogP contribution >= 0.6 is 11.6 Å². The Balaban J connectivity index is 1.21. The van der Waals surface area contributed by atoms with Gasteiger partial charge in [-0.1, -0.05) is 29.8 Å². The van der Waals surface area contributed by atoms with Gasteiger partial charge >= 0.3 is 0 Å². The molecule has 0 unspecified atom stereocenters. The van der Waals surface area contributed by atoms with Crippen LogP contribution in [0.2, 0.25) is 5.02 Å². The zero-order valence-corrected chi connectivity index (χ0v) is 21.7. The molecule has 0 radical (unpaired) electrons.